The number of methoxy groups -OCH3 is 1. The Kier molecular flexibility index (Phi) is 3.36. The van der Waals surface area contributed by atoms with Crippen LogP contribution >= 0.6 is 11.6 Å². The highest BCUT2D eigenvalue weighted by Crippen LogP contribution is 2.24. The van der Waals surface area contributed by atoms with Gasteiger partial charge >= 0.3 is 0 Å². The zero-order valence-electron chi connectivity index (χ0n) is 10.9. The van der Waals surface area contributed by atoms with E-state index >= 15 is 0 Å². The first-order chi connectivity index (χ1) is 9.67. The molecule has 3 aromatic rings. The molecule has 2 nitrogen and oxygen atoms in total. The Morgan fingerprint density at radius 3 is 2.75 bits per heavy atom. The summed E-state index contributed by atoms with van der Waals surface area (Å²) >= 11 is 6.07. The molecule has 0 saturated carbocycles. The van der Waals surface area contributed by atoms with E-state index in [-0.39, 0.29) is 5.82 Å². The van der Waals surface area contributed by atoms with E-state index in [9.17, 15) is 4.39 Å². The molecule has 1 aromatic heterocycles. The molecule has 3 rings (SSSR count). The number of hydrogen-bond acceptors (Lipinski definition) is 1. The Balaban J connectivity index is 1.98. The molecule has 0 spiro atoms. The van der Waals surface area contributed by atoms with Crippen LogP contribution in [0.15, 0.2) is 48.7 Å². The molecule has 0 aliphatic carbocycles. The average molecular weight is 290 g/mol. The predicted octanol–water partition coefficient (Wildman–Crippen LogP) is 4.49. The summed E-state index contributed by atoms with van der Waals surface area (Å²) in [7, 11) is 1.65. The van der Waals surface area contributed by atoms with Gasteiger partial charge in [-0.3, -0.25) is 0 Å². The van der Waals surface area contributed by atoms with Gasteiger partial charge < -0.3 is 9.30 Å². The summed E-state index contributed by atoms with van der Waals surface area (Å²) < 4.78 is 20.3. The quantitative estimate of drug-likeness (QED) is 0.693. The van der Waals surface area contributed by atoms with E-state index in [1.165, 1.54) is 12.1 Å². The molecule has 0 fully saturated rings. The zero-order chi connectivity index (χ0) is 14.1. The normalized spacial score (nSPS) is 10.9. The fourth-order valence-corrected chi connectivity index (χ4v) is 2.50. The van der Waals surface area contributed by atoms with Gasteiger partial charge in [-0.25, -0.2) is 4.39 Å². The summed E-state index contributed by atoms with van der Waals surface area (Å²) in [5.41, 5.74) is 1.98. The highest BCUT2D eigenvalue weighted by Gasteiger charge is 2.06. The second-order valence-corrected chi connectivity index (χ2v) is 5.01. The molecule has 0 atom stereocenters. The minimum atomic E-state index is -0.319. The van der Waals surface area contributed by atoms with Gasteiger partial charge in [-0.15, -0.1) is 0 Å². The van der Waals surface area contributed by atoms with Crippen LogP contribution in [-0.4, -0.2) is 11.7 Å². The number of halogens is 2. The maximum Gasteiger partial charge on any atom is 0.124 e. The Morgan fingerprint density at radius 2 is 2.00 bits per heavy atom. The van der Waals surface area contributed by atoms with E-state index in [2.05, 4.69) is 4.57 Å². The van der Waals surface area contributed by atoms with Gasteiger partial charge in [0.1, 0.15) is 11.6 Å². The molecule has 0 saturated heterocycles. The molecular formula is C16H13ClFNO. The Labute approximate surface area is 121 Å². The van der Waals surface area contributed by atoms with Crippen LogP contribution in [0.4, 0.5) is 4.39 Å². The van der Waals surface area contributed by atoms with Gasteiger partial charge in [-0.2, -0.15) is 0 Å². The summed E-state index contributed by atoms with van der Waals surface area (Å²) in [4.78, 5) is 0. The lowest BCUT2D eigenvalue weighted by molar-refractivity contribution is 0.415. The van der Waals surface area contributed by atoms with Crippen molar-refractivity contribution in [1.29, 1.82) is 0 Å². The van der Waals surface area contributed by atoms with Crippen molar-refractivity contribution in [3.63, 3.8) is 0 Å². The van der Waals surface area contributed by atoms with Crippen molar-refractivity contribution in [2.24, 2.45) is 0 Å². The van der Waals surface area contributed by atoms with Crippen LogP contribution in [-0.2, 0) is 6.54 Å². The molecule has 4 heteroatoms. The summed E-state index contributed by atoms with van der Waals surface area (Å²) in [5.74, 6) is 0.510. The number of fused-ring (bicyclic) bond motifs is 1. The Bertz CT molecular complexity index is 766. The SMILES string of the molecule is COc1ccc2c(ccn2Cc2ccc(F)cc2Cl)c1. The van der Waals surface area contributed by atoms with Crippen molar-refractivity contribution in [3.05, 3.63) is 65.1 Å². The lowest BCUT2D eigenvalue weighted by Crippen LogP contribution is -1.99. The third kappa shape index (κ3) is 2.37. The first-order valence-electron chi connectivity index (χ1n) is 6.24. The van der Waals surface area contributed by atoms with Crippen molar-refractivity contribution in [3.8, 4) is 5.75 Å². The predicted molar refractivity (Wildman–Crippen MR) is 79.0 cm³/mol. The molecule has 1 heterocycles. The summed E-state index contributed by atoms with van der Waals surface area (Å²) in [6, 6.07) is 12.4. The third-order valence-corrected chi connectivity index (χ3v) is 3.69. The fourth-order valence-electron chi connectivity index (χ4n) is 2.28. The molecule has 0 N–H and O–H groups in total. The largest absolute Gasteiger partial charge is 0.497 e. The number of aromatic nitrogens is 1. The lowest BCUT2D eigenvalue weighted by atomic mass is 10.2. The van der Waals surface area contributed by atoms with Crippen LogP contribution in [0.25, 0.3) is 10.9 Å². The topological polar surface area (TPSA) is 14.2 Å². The maximum atomic E-state index is 13.1. The molecule has 0 aliphatic heterocycles. The van der Waals surface area contributed by atoms with Crippen molar-refractivity contribution in [1.82, 2.24) is 4.57 Å². The Hall–Kier alpha value is -2.00. The first-order valence-corrected chi connectivity index (χ1v) is 6.62. The van der Waals surface area contributed by atoms with Gasteiger partial charge in [0.05, 0.1) is 7.11 Å². The molecule has 0 aliphatic rings. The van der Waals surface area contributed by atoms with Gasteiger partial charge in [-0.05, 0) is 42.0 Å². The average Bonchev–Trinajstić information content (AvgIpc) is 2.84. The van der Waals surface area contributed by atoms with Crippen molar-refractivity contribution in [2.75, 3.05) is 7.11 Å². The molecule has 0 radical (unpaired) electrons. The molecule has 0 bridgehead atoms. The minimum Gasteiger partial charge on any atom is -0.497 e. The number of benzene rings is 2. The van der Waals surface area contributed by atoms with Crippen LogP contribution in [0.1, 0.15) is 5.56 Å². The van der Waals surface area contributed by atoms with Gasteiger partial charge in [0.2, 0.25) is 0 Å². The molecule has 2 aromatic carbocycles. The summed E-state index contributed by atoms with van der Waals surface area (Å²) in [6.45, 7) is 0.606. The van der Waals surface area contributed by atoms with E-state index in [1.54, 1.807) is 13.2 Å². The van der Waals surface area contributed by atoms with Crippen LogP contribution < -0.4 is 4.74 Å². The number of hydrogen-bond donors (Lipinski definition) is 0. The van der Waals surface area contributed by atoms with Gasteiger partial charge in [0.25, 0.3) is 0 Å². The fraction of sp³-hybridized carbons (Fsp3) is 0.125. The van der Waals surface area contributed by atoms with Crippen LogP contribution in [0.5, 0.6) is 5.75 Å². The minimum absolute atomic E-state index is 0.319. The van der Waals surface area contributed by atoms with Crippen molar-refractivity contribution in [2.45, 2.75) is 6.54 Å². The van der Waals surface area contributed by atoms with Crippen LogP contribution in [0.2, 0.25) is 5.02 Å². The number of nitrogens with zero attached hydrogens (tertiary/aromatic N) is 1. The maximum absolute atomic E-state index is 13.1. The standard InChI is InChI=1S/C16H13ClFNO/c1-20-14-4-5-16-11(8-14)6-7-19(16)10-12-2-3-13(18)9-15(12)17/h2-9H,10H2,1H3. The molecular weight excluding hydrogens is 277 g/mol. The van der Waals surface area contributed by atoms with Gasteiger partial charge in [0.15, 0.2) is 0 Å². The zero-order valence-corrected chi connectivity index (χ0v) is 11.7. The van der Waals surface area contributed by atoms with Gasteiger partial charge in [0, 0.05) is 28.7 Å². The highest BCUT2D eigenvalue weighted by molar-refractivity contribution is 6.31. The third-order valence-electron chi connectivity index (χ3n) is 3.33. The van der Waals surface area contributed by atoms with E-state index in [0.717, 1.165) is 22.2 Å². The number of ether oxygens (including phenoxy) is 1. The smallest absolute Gasteiger partial charge is 0.124 e. The highest BCUT2D eigenvalue weighted by atomic mass is 35.5. The van der Waals surface area contributed by atoms with Crippen LogP contribution in [0.3, 0.4) is 0 Å². The van der Waals surface area contributed by atoms with Crippen LogP contribution in [0, 0.1) is 5.82 Å². The monoisotopic (exact) mass is 289 g/mol. The number of rotatable bonds is 3. The molecule has 20 heavy (non-hydrogen) atoms. The van der Waals surface area contributed by atoms with E-state index in [4.69, 9.17) is 16.3 Å². The van der Waals surface area contributed by atoms with E-state index < -0.39 is 0 Å². The molecule has 102 valence electrons. The Morgan fingerprint density at radius 1 is 1.15 bits per heavy atom. The van der Waals surface area contributed by atoms with Crippen molar-refractivity contribution >= 4 is 22.5 Å². The second-order valence-electron chi connectivity index (χ2n) is 4.60. The van der Waals surface area contributed by atoms with Crippen molar-refractivity contribution < 1.29 is 9.13 Å². The lowest BCUT2D eigenvalue weighted by Gasteiger charge is -2.08. The first kappa shape index (κ1) is 13.0. The molecule has 0 amide bonds. The van der Waals surface area contributed by atoms with E-state index in [1.807, 2.05) is 30.5 Å². The van der Waals surface area contributed by atoms with Gasteiger partial charge in [-0.1, -0.05) is 17.7 Å². The summed E-state index contributed by atoms with van der Waals surface area (Å²) in [6.07, 6.45) is 1.99. The van der Waals surface area contributed by atoms with E-state index in [0.29, 0.717) is 11.6 Å². The second kappa shape index (κ2) is 5.17. The summed E-state index contributed by atoms with van der Waals surface area (Å²) in [5, 5.41) is 1.54. The molecule has 0 unspecified atom stereocenters.